The van der Waals surface area contributed by atoms with Gasteiger partial charge in [-0.3, -0.25) is 0 Å². The van der Waals surface area contributed by atoms with Gasteiger partial charge < -0.3 is 4.42 Å². The Kier molecular flexibility index (Phi) is 5.04. The summed E-state index contributed by atoms with van der Waals surface area (Å²) in [6, 6.07) is 30.3. The smallest absolute Gasteiger partial charge is 0.327 e. The van der Waals surface area contributed by atoms with Crippen molar-refractivity contribution >= 4 is 28.0 Å². The quantitative estimate of drug-likeness (QED) is 0.236. The molecule has 3 aromatic heterocycles. The van der Waals surface area contributed by atoms with E-state index in [0.29, 0.717) is 5.84 Å². The fourth-order valence-electron chi connectivity index (χ4n) is 5.77. The summed E-state index contributed by atoms with van der Waals surface area (Å²) in [5.41, 5.74) is 11.0. The van der Waals surface area contributed by atoms with Gasteiger partial charge in [-0.1, -0.05) is 80.5 Å². The first-order valence-electron chi connectivity index (χ1n) is 13.2. The number of para-hydroxylation sites is 2. The lowest BCUT2D eigenvalue weighted by Crippen LogP contribution is -2.30. The summed E-state index contributed by atoms with van der Waals surface area (Å²) in [6.45, 7) is 9.00. The zero-order valence-corrected chi connectivity index (χ0v) is 22.8. The lowest BCUT2D eigenvalue weighted by molar-refractivity contribution is -0.633. The number of benzene rings is 4. The van der Waals surface area contributed by atoms with Gasteiger partial charge in [0.05, 0.1) is 12.6 Å². The van der Waals surface area contributed by atoms with Gasteiger partial charge in [-0.15, -0.1) is 5.10 Å². The normalized spacial score (nSPS) is 12.2. The van der Waals surface area contributed by atoms with Crippen LogP contribution in [0.2, 0.25) is 0 Å². The van der Waals surface area contributed by atoms with Gasteiger partial charge in [-0.05, 0) is 59.4 Å². The predicted molar refractivity (Wildman–Crippen MR) is 155 cm³/mol. The molecule has 0 fully saturated rings. The number of fused-ring (bicyclic) bond motifs is 4. The van der Waals surface area contributed by atoms with Gasteiger partial charge in [-0.25, -0.2) is 8.97 Å². The molecular weight excluding hydrogens is 482 g/mol. The highest BCUT2D eigenvalue weighted by atomic mass is 16.4. The summed E-state index contributed by atoms with van der Waals surface area (Å²) in [4.78, 5) is 0. The highest BCUT2D eigenvalue weighted by Gasteiger charge is 2.33. The highest BCUT2D eigenvalue weighted by molar-refractivity contribution is 5.93. The van der Waals surface area contributed by atoms with E-state index in [1.807, 2.05) is 4.40 Å². The Morgan fingerprint density at radius 1 is 0.821 bits per heavy atom. The first-order valence-corrected chi connectivity index (χ1v) is 13.2. The van der Waals surface area contributed by atoms with Gasteiger partial charge in [0.15, 0.2) is 16.6 Å². The van der Waals surface area contributed by atoms with Crippen molar-refractivity contribution in [2.45, 2.75) is 33.1 Å². The van der Waals surface area contributed by atoms with Gasteiger partial charge in [0.1, 0.15) is 17.6 Å². The van der Waals surface area contributed by atoms with E-state index in [4.69, 9.17) is 4.42 Å². The minimum Gasteiger partial charge on any atom is -0.421 e. The molecule has 6 heteroatoms. The predicted octanol–water partition coefficient (Wildman–Crippen LogP) is 7.18. The molecule has 0 bridgehead atoms. The number of aryl methyl sites for hydroxylation is 2. The average Bonchev–Trinajstić information content (AvgIpc) is 3.61. The third-order valence-electron chi connectivity index (χ3n) is 7.70. The first-order chi connectivity index (χ1) is 18.8. The molecule has 7 aromatic rings. The van der Waals surface area contributed by atoms with Gasteiger partial charge in [0.25, 0.3) is 5.82 Å². The average molecular weight is 513 g/mol. The third kappa shape index (κ3) is 3.52. The lowest BCUT2D eigenvalue weighted by Gasteiger charge is -2.23. The second kappa shape index (κ2) is 8.40. The van der Waals surface area contributed by atoms with Crippen LogP contribution in [0.25, 0.3) is 56.2 Å². The van der Waals surface area contributed by atoms with Crippen LogP contribution in [0.15, 0.2) is 95.7 Å². The largest absolute Gasteiger partial charge is 0.421 e. The molecule has 0 radical (unpaired) electrons. The van der Waals surface area contributed by atoms with Gasteiger partial charge in [-0.2, -0.15) is 4.57 Å². The molecular formula is C33H30N5O+. The topological polar surface area (TPSA) is 52.1 Å². The standard InChI is InChI=1S/C33H30N5O/c1-21-15-17-28-30(39-32-35-34-20-37(28)32)29(21)31-36(5)26-13-9-10-14-27(26)38(31)25-18-16-23(19-24(25)33(2,3)4)22-11-7-6-8-12-22/h6-20H,1-5H3/q+1. The SMILES string of the molecule is Cc1ccc2c(oc3nncn32)c1-c1n(-c2ccc(-c3ccccc3)cc2C(C)(C)C)c2ccccc2[n+]1C. The van der Waals surface area contributed by atoms with Crippen molar-refractivity contribution < 1.29 is 8.98 Å². The minimum atomic E-state index is -0.0978. The maximum absolute atomic E-state index is 6.34. The van der Waals surface area contributed by atoms with Crippen molar-refractivity contribution in [1.29, 1.82) is 0 Å². The Labute approximate surface area is 226 Å². The van der Waals surface area contributed by atoms with Crippen LogP contribution in [0.1, 0.15) is 31.9 Å². The van der Waals surface area contributed by atoms with Crippen LogP contribution in [0.3, 0.4) is 0 Å². The van der Waals surface area contributed by atoms with Crippen LogP contribution in [-0.4, -0.2) is 19.2 Å². The monoisotopic (exact) mass is 512 g/mol. The molecule has 0 aliphatic carbocycles. The number of hydrogen-bond acceptors (Lipinski definition) is 3. The Balaban J connectivity index is 1.60. The van der Waals surface area contributed by atoms with Crippen LogP contribution in [0.4, 0.5) is 0 Å². The molecule has 0 spiro atoms. The van der Waals surface area contributed by atoms with Crippen molar-refractivity contribution in [3.05, 3.63) is 102 Å². The molecule has 6 nitrogen and oxygen atoms in total. The maximum Gasteiger partial charge on any atom is 0.327 e. The molecule has 0 N–H and O–H groups in total. The van der Waals surface area contributed by atoms with Gasteiger partial charge in [0.2, 0.25) is 0 Å². The molecule has 3 heterocycles. The van der Waals surface area contributed by atoms with E-state index in [0.717, 1.165) is 44.8 Å². The molecule has 0 unspecified atom stereocenters. The molecule has 0 saturated heterocycles. The number of aromatic nitrogens is 5. The zero-order valence-electron chi connectivity index (χ0n) is 22.8. The van der Waals surface area contributed by atoms with E-state index < -0.39 is 0 Å². The van der Waals surface area contributed by atoms with E-state index in [1.165, 1.54) is 16.7 Å². The van der Waals surface area contributed by atoms with E-state index in [9.17, 15) is 0 Å². The van der Waals surface area contributed by atoms with Crippen molar-refractivity contribution in [2.75, 3.05) is 0 Å². The van der Waals surface area contributed by atoms with Gasteiger partial charge >= 0.3 is 5.84 Å². The Hall–Kier alpha value is -4.71. The molecule has 0 saturated carbocycles. The van der Waals surface area contributed by atoms with Crippen molar-refractivity contribution in [3.63, 3.8) is 0 Å². The molecule has 4 aromatic carbocycles. The van der Waals surface area contributed by atoms with E-state index in [-0.39, 0.29) is 5.41 Å². The second-order valence-electron chi connectivity index (χ2n) is 11.2. The summed E-state index contributed by atoms with van der Waals surface area (Å²) in [7, 11) is 2.14. The summed E-state index contributed by atoms with van der Waals surface area (Å²) in [5.74, 6) is 1.55. The van der Waals surface area contributed by atoms with Crippen LogP contribution in [-0.2, 0) is 12.5 Å². The molecule has 39 heavy (non-hydrogen) atoms. The molecule has 192 valence electrons. The molecule has 0 amide bonds. The fraction of sp³-hybridized carbons (Fsp3) is 0.182. The van der Waals surface area contributed by atoms with Crippen LogP contribution >= 0.6 is 0 Å². The number of hydrogen-bond donors (Lipinski definition) is 0. The third-order valence-corrected chi connectivity index (χ3v) is 7.70. The Morgan fingerprint density at radius 3 is 2.38 bits per heavy atom. The summed E-state index contributed by atoms with van der Waals surface area (Å²) in [6.07, 6.45) is 1.70. The second-order valence-corrected chi connectivity index (χ2v) is 11.2. The van der Waals surface area contributed by atoms with Crippen molar-refractivity contribution in [1.82, 2.24) is 19.2 Å². The highest BCUT2D eigenvalue weighted by Crippen LogP contribution is 2.39. The summed E-state index contributed by atoms with van der Waals surface area (Å²) in [5, 5.41) is 8.22. The maximum atomic E-state index is 6.34. The van der Waals surface area contributed by atoms with Crippen LogP contribution in [0.5, 0.6) is 0 Å². The lowest BCUT2D eigenvalue weighted by atomic mass is 9.83. The Morgan fingerprint density at radius 2 is 1.59 bits per heavy atom. The van der Waals surface area contributed by atoms with E-state index in [2.05, 4.69) is 139 Å². The van der Waals surface area contributed by atoms with E-state index >= 15 is 0 Å². The minimum absolute atomic E-state index is 0.0978. The van der Waals surface area contributed by atoms with E-state index in [1.54, 1.807) is 6.33 Å². The number of rotatable bonds is 3. The fourth-order valence-corrected chi connectivity index (χ4v) is 5.77. The number of oxazole rings is 1. The van der Waals surface area contributed by atoms with Crippen molar-refractivity contribution in [2.24, 2.45) is 7.05 Å². The van der Waals surface area contributed by atoms with Crippen molar-refractivity contribution in [3.8, 4) is 28.2 Å². The number of imidazole rings is 1. The summed E-state index contributed by atoms with van der Waals surface area (Å²) < 4.78 is 12.9. The van der Waals surface area contributed by atoms with Crippen LogP contribution < -0.4 is 4.57 Å². The van der Waals surface area contributed by atoms with Crippen LogP contribution in [0, 0.1) is 6.92 Å². The number of nitrogens with zero attached hydrogens (tertiary/aromatic N) is 5. The molecule has 7 rings (SSSR count). The molecule has 0 atom stereocenters. The van der Waals surface area contributed by atoms with Gasteiger partial charge in [0, 0.05) is 5.56 Å². The zero-order chi connectivity index (χ0) is 26.9. The molecule has 0 aliphatic heterocycles. The molecule has 0 aliphatic rings. The first kappa shape index (κ1) is 23.4. The Bertz CT molecular complexity index is 2020. The summed E-state index contributed by atoms with van der Waals surface area (Å²) >= 11 is 0.